The van der Waals surface area contributed by atoms with Gasteiger partial charge in [0.25, 0.3) is 5.91 Å². The Bertz CT molecular complexity index is 1140. The number of benzene rings is 2. The SMILES string of the molecule is COc1ccc2c(=O)c3c(oc2c1)C(=O)N(CCN(C)C)[C@@H]3c1ccc(F)cc1. The van der Waals surface area contributed by atoms with Crippen molar-refractivity contribution in [2.75, 3.05) is 34.3 Å². The predicted molar refractivity (Wildman–Crippen MR) is 107 cm³/mol. The summed E-state index contributed by atoms with van der Waals surface area (Å²) < 4.78 is 24.6. The van der Waals surface area contributed by atoms with Crippen LogP contribution >= 0.6 is 0 Å². The minimum atomic E-state index is -0.624. The number of carbonyl (C=O) groups is 1. The van der Waals surface area contributed by atoms with Gasteiger partial charge >= 0.3 is 0 Å². The predicted octanol–water partition coefficient (Wildman–Crippen LogP) is 3.05. The van der Waals surface area contributed by atoms with Crippen LogP contribution in [0.25, 0.3) is 11.0 Å². The normalized spacial score (nSPS) is 16.0. The molecule has 6 nitrogen and oxygen atoms in total. The molecule has 0 radical (unpaired) electrons. The molecule has 2 aromatic carbocycles. The highest BCUT2D eigenvalue weighted by atomic mass is 19.1. The van der Waals surface area contributed by atoms with Crippen LogP contribution in [0.4, 0.5) is 4.39 Å². The van der Waals surface area contributed by atoms with Gasteiger partial charge < -0.3 is 19.0 Å². The van der Waals surface area contributed by atoms with Crippen LogP contribution in [0.5, 0.6) is 5.75 Å². The number of rotatable bonds is 5. The lowest BCUT2D eigenvalue weighted by Crippen LogP contribution is -2.35. The Balaban J connectivity index is 1.92. The Morgan fingerprint density at radius 3 is 2.52 bits per heavy atom. The van der Waals surface area contributed by atoms with Gasteiger partial charge in [0.15, 0.2) is 5.43 Å². The monoisotopic (exact) mass is 396 g/mol. The number of methoxy groups -OCH3 is 1. The van der Waals surface area contributed by atoms with Crippen LogP contribution in [0, 0.1) is 5.82 Å². The van der Waals surface area contributed by atoms with Crippen molar-refractivity contribution in [3.8, 4) is 5.75 Å². The molecule has 1 aliphatic rings. The van der Waals surface area contributed by atoms with Crippen molar-refractivity contribution in [2.45, 2.75) is 6.04 Å². The molecule has 0 aliphatic carbocycles. The van der Waals surface area contributed by atoms with Crippen molar-refractivity contribution in [3.63, 3.8) is 0 Å². The minimum absolute atomic E-state index is 0.0313. The summed E-state index contributed by atoms with van der Waals surface area (Å²) in [7, 11) is 5.33. The number of fused-ring (bicyclic) bond motifs is 2. The van der Waals surface area contributed by atoms with Gasteiger partial charge in [0.1, 0.15) is 17.1 Å². The molecule has 0 saturated heterocycles. The molecule has 7 heteroatoms. The molecule has 150 valence electrons. The molecule has 1 atom stereocenters. The maximum atomic E-state index is 13.5. The molecule has 0 unspecified atom stereocenters. The van der Waals surface area contributed by atoms with E-state index < -0.39 is 6.04 Å². The molecule has 0 N–H and O–H groups in total. The average Bonchev–Trinajstić information content (AvgIpc) is 2.99. The van der Waals surface area contributed by atoms with E-state index >= 15 is 0 Å². The Hall–Kier alpha value is -3.19. The maximum absolute atomic E-state index is 13.5. The van der Waals surface area contributed by atoms with Crippen LogP contribution in [-0.4, -0.2) is 50.0 Å². The lowest BCUT2D eigenvalue weighted by atomic mass is 9.98. The van der Waals surface area contributed by atoms with Crippen molar-refractivity contribution in [2.24, 2.45) is 0 Å². The van der Waals surface area contributed by atoms with Gasteiger partial charge in [0.2, 0.25) is 5.76 Å². The standard InChI is InChI=1S/C22H21FN2O4/c1-24(2)10-11-25-19(13-4-6-14(23)7-5-13)18-20(26)16-9-8-15(28-3)12-17(16)29-21(18)22(25)27/h4-9,12,19H,10-11H2,1-3H3/t19-/m1/s1. The molecule has 29 heavy (non-hydrogen) atoms. The average molecular weight is 396 g/mol. The molecule has 0 spiro atoms. The first kappa shape index (κ1) is 19.1. The minimum Gasteiger partial charge on any atom is -0.497 e. The molecule has 0 fully saturated rings. The first-order valence-corrected chi connectivity index (χ1v) is 9.26. The number of carbonyl (C=O) groups excluding carboxylic acids is 1. The number of nitrogens with zero attached hydrogens (tertiary/aromatic N) is 2. The summed E-state index contributed by atoms with van der Waals surface area (Å²) in [4.78, 5) is 30.1. The zero-order chi connectivity index (χ0) is 20.7. The zero-order valence-corrected chi connectivity index (χ0v) is 16.4. The van der Waals surface area contributed by atoms with Gasteiger partial charge in [-0.05, 0) is 43.9 Å². The molecular weight excluding hydrogens is 375 g/mol. The first-order valence-electron chi connectivity index (χ1n) is 9.26. The van der Waals surface area contributed by atoms with E-state index in [1.54, 1.807) is 35.2 Å². The van der Waals surface area contributed by atoms with Crippen LogP contribution in [0.2, 0.25) is 0 Å². The Labute approximate surface area is 167 Å². The highest BCUT2D eigenvalue weighted by Gasteiger charge is 2.42. The largest absolute Gasteiger partial charge is 0.497 e. The Morgan fingerprint density at radius 1 is 1.14 bits per heavy atom. The Morgan fingerprint density at radius 2 is 1.86 bits per heavy atom. The third-order valence-corrected chi connectivity index (χ3v) is 5.15. The maximum Gasteiger partial charge on any atom is 0.290 e. The lowest BCUT2D eigenvalue weighted by Gasteiger charge is -2.26. The number of amides is 1. The third-order valence-electron chi connectivity index (χ3n) is 5.15. The molecule has 0 saturated carbocycles. The number of hydrogen-bond acceptors (Lipinski definition) is 5. The second-order valence-corrected chi connectivity index (χ2v) is 7.29. The summed E-state index contributed by atoms with van der Waals surface area (Å²) in [5, 5.41) is 0.374. The van der Waals surface area contributed by atoms with E-state index in [0.29, 0.717) is 35.4 Å². The van der Waals surface area contributed by atoms with Crippen LogP contribution in [0.15, 0.2) is 51.7 Å². The molecule has 1 aromatic heterocycles. The molecule has 0 bridgehead atoms. The van der Waals surface area contributed by atoms with E-state index in [4.69, 9.17) is 9.15 Å². The smallest absolute Gasteiger partial charge is 0.290 e. The molecule has 4 rings (SSSR count). The third kappa shape index (κ3) is 3.27. The fourth-order valence-corrected chi connectivity index (χ4v) is 3.66. The summed E-state index contributed by atoms with van der Waals surface area (Å²) in [5.74, 6) is -0.164. The van der Waals surface area contributed by atoms with Gasteiger partial charge in [-0.15, -0.1) is 0 Å². The number of ether oxygens (including phenoxy) is 1. The van der Waals surface area contributed by atoms with E-state index in [0.717, 1.165) is 0 Å². The van der Waals surface area contributed by atoms with Crippen molar-refractivity contribution in [3.05, 3.63) is 75.4 Å². The van der Waals surface area contributed by atoms with Gasteiger partial charge in [-0.25, -0.2) is 4.39 Å². The molecule has 3 aromatic rings. The van der Waals surface area contributed by atoms with Crippen molar-refractivity contribution in [1.82, 2.24) is 9.80 Å². The van der Waals surface area contributed by atoms with Crippen LogP contribution in [0.3, 0.4) is 0 Å². The van der Waals surface area contributed by atoms with Crippen LogP contribution in [0.1, 0.15) is 27.7 Å². The van der Waals surface area contributed by atoms with E-state index in [1.165, 1.54) is 19.2 Å². The fraction of sp³-hybridized carbons (Fsp3) is 0.273. The van der Waals surface area contributed by atoms with E-state index in [-0.39, 0.29) is 28.5 Å². The van der Waals surface area contributed by atoms with Gasteiger partial charge in [0.05, 0.1) is 24.1 Å². The summed E-state index contributed by atoms with van der Waals surface area (Å²) in [6.07, 6.45) is 0. The highest BCUT2D eigenvalue weighted by molar-refractivity contribution is 5.99. The van der Waals surface area contributed by atoms with Crippen molar-refractivity contribution < 1.29 is 18.3 Å². The lowest BCUT2D eigenvalue weighted by molar-refractivity contribution is 0.0716. The highest BCUT2D eigenvalue weighted by Crippen LogP contribution is 2.38. The van der Waals surface area contributed by atoms with Crippen molar-refractivity contribution >= 4 is 16.9 Å². The molecule has 1 aliphatic heterocycles. The summed E-state index contributed by atoms with van der Waals surface area (Å²) in [6, 6.07) is 10.1. The second-order valence-electron chi connectivity index (χ2n) is 7.29. The van der Waals surface area contributed by atoms with Gasteiger partial charge in [-0.1, -0.05) is 12.1 Å². The number of likely N-dealkylation sites (N-methyl/N-ethyl adjacent to an activating group) is 1. The number of halogens is 1. The number of hydrogen-bond donors (Lipinski definition) is 0. The first-order chi connectivity index (χ1) is 13.9. The summed E-state index contributed by atoms with van der Waals surface area (Å²) in [6.45, 7) is 1.01. The molecule has 1 amide bonds. The van der Waals surface area contributed by atoms with E-state index in [2.05, 4.69) is 0 Å². The summed E-state index contributed by atoms with van der Waals surface area (Å²) >= 11 is 0. The topological polar surface area (TPSA) is 63.0 Å². The Kier molecular flexibility index (Phi) is 4.84. The zero-order valence-electron chi connectivity index (χ0n) is 16.4. The van der Waals surface area contributed by atoms with Gasteiger partial charge in [0, 0.05) is 19.2 Å². The quantitative estimate of drug-likeness (QED) is 0.663. The summed E-state index contributed by atoms with van der Waals surface area (Å²) in [5.41, 5.74) is 0.989. The van der Waals surface area contributed by atoms with Crippen LogP contribution < -0.4 is 10.2 Å². The molecular formula is C22H21FN2O4. The van der Waals surface area contributed by atoms with Crippen molar-refractivity contribution in [1.29, 1.82) is 0 Å². The van der Waals surface area contributed by atoms with Crippen LogP contribution in [-0.2, 0) is 0 Å². The van der Waals surface area contributed by atoms with E-state index in [9.17, 15) is 14.0 Å². The van der Waals surface area contributed by atoms with Gasteiger partial charge in [-0.2, -0.15) is 0 Å². The van der Waals surface area contributed by atoms with Gasteiger partial charge in [-0.3, -0.25) is 9.59 Å². The second kappa shape index (κ2) is 7.33. The fourth-order valence-electron chi connectivity index (χ4n) is 3.66. The van der Waals surface area contributed by atoms with E-state index in [1.807, 2.05) is 19.0 Å². The molecule has 2 heterocycles.